The number of likely N-dealkylation sites (tertiary alicyclic amines) is 1. The van der Waals surface area contributed by atoms with Crippen LogP contribution in [0.3, 0.4) is 0 Å². The van der Waals surface area contributed by atoms with Gasteiger partial charge in [-0.05, 0) is 47.9 Å². The zero-order chi connectivity index (χ0) is 25.8. The van der Waals surface area contributed by atoms with Gasteiger partial charge in [-0.2, -0.15) is 0 Å². The molecule has 1 unspecified atom stereocenters. The van der Waals surface area contributed by atoms with Gasteiger partial charge in [-0.15, -0.1) is 10.2 Å². The lowest BCUT2D eigenvalue weighted by Gasteiger charge is -2.26. The van der Waals surface area contributed by atoms with E-state index in [-0.39, 0.29) is 23.8 Å². The van der Waals surface area contributed by atoms with Crippen molar-refractivity contribution in [1.82, 2.24) is 15.1 Å². The van der Waals surface area contributed by atoms with Crippen LogP contribution in [0.5, 0.6) is 5.75 Å². The van der Waals surface area contributed by atoms with Gasteiger partial charge in [-0.1, -0.05) is 69.4 Å². The van der Waals surface area contributed by atoms with E-state index in [1.165, 1.54) is 11.3 Å². The number of nitrogens with one attached hydrogen (secondary N) is 2. The number of anilines is 2. The Morgan fingerprint density at radius 1 is 1.03 bits per heavy atom. The average Bonchev–Trinajstić information content (AvgIpc) is 3.54. The van der Waals surface area contributed by atoms with Gasteiger partial charge < -0.3 is 15.0 Å². The summed E-state index contributed by atoms with van der Waals surface area (Å²) in [6.07, 6.45) is 1.36. The number of ether oxygens (including phenoxy) is 1. The first kappa shape index (κ1) is 25.6. The largest absolute Gasteiger partial charge is 0.497 e. The van der Waals surface area contributed by atoms with Crippen LogP contribution in [0.25, 0.3) is 10.6 Å². The van der Waals surface area contributed by atoms with Crippen LogP contribution in [0.1, 0.15) is 63.5 Å². The van der Waals surface area contributed by atoms with E-state index in [1.54, 1.807) is 12.0 Å². The van der Waals surface area contributed by atoms with Gasteiger partial charge in [0.05, 0.1) is 7.11 Å². The van der Waals surface area contributed by atoms with E-state index < -0.39 is 6.04 Å². The minimum Gasteiger partial charge on any atom is -0.497 e. The van der Waals surface area contributed by atoms with Gasteiger partial charge in [0.2, 0.25) is 11.0 Å². The highest BCUT2D eigenvalue weighted by atomic mass is 32.1. The molecule has 190 valence electrons. The van der Waals surface area contributed by atoms with Gasteiger partial charge in [-0.25, -0.2) is 4.79 Å². The fourth-order valence-electron chi connectivity index (χ4n) is 4.49. The van der Waals surface area contributed by atoms with Gasteiger partial charge in [0.1, 0.15) is 16.8 Å². The van der Waals surface area contributed by atoms with E-state index in [4.69, 9.17) is 4.74 Å². The number of carbonyl (C=O) groups excluding carboxylic acids is 2. The number of methoxy groups -OCH3 is 1. The summed E-state index contributed by atoms with van der Waals surface area (Å²) in [5, 5.41) is 15.4. The molecule has 9 heteroatoms. The van der Waals surface area contributed by atoms with Crippen LogP contribution in [0.15, 0.2) is 42.5 Å². The molecule has 1 aromatic heterocycles. The van der Waals surface area contributed by atoms with Crippen LogP contribution in [-0.2, 0) is 4.79 Å². The highest BCUT2D eigenvalue weighted by Gasteiger charge is 2.35. The van der Waals surface area contributed by atoms with Gasteiger partial charge in [-0.3, -0.25) is 10.1 Å². The monoisotopic (exact) mass is 507 g/mol. The summed E-state index contributed by atoms with van der Waals surface area (Å²) < 4.78 is 5.28. The summed E-state index contributed by atoms with van der Waals surface area (Å²) in [7, 11) is 1.61. The summed E-state index contributed by atoms with van der Waals surface area (Å²) >= 11 is 1.29. The van der Waals surface area contributed by atoms with Crippen LogP contribution in [0.2, 0.25) is 0 Å². The summed E-state index contributed by atoms with van der Waals surface area (Å²) in [5.41, 5.74) is 3.90. The van der Waals surface area contributed by atoms with Crippen molar-refractivity contribution in [3.05, 3.63) is 53.6 Å². The lowest BCUT2D eigenvalue weighted by molar-refractivity contribution is -0.119. The summed E-state index contributed by atoms with van der Waals surface area (Å²) in [4.78, 5) is 28.2. The third-order valence-corrected chi connectivity index (χ3v) is 7.28. The maximum atomic E-state index is 13.4. The second-order valence-electron chi connectivity index (χ2n) is 9.54. The third-order valence-electron chi connectivity index (χ3n) is 6.39. The Hall–Kier alpha value is -3.46. The number of hydrogen-bond acceptors (Lipinski definition) is 6. The van der Waals surface area contributed by atoms with E-state index in [9.17, 15) is 9.59 Å². The molecule has 0 saturated carbocycles. The van der Waals surface area contributed by atoms with Crippen molar-refractivity contribution in [2.45, 2.75) is 58.4 Å². The van der Waals surface area contributed by atoms with Crippen molar-refractivity contribution in [3.63, 3.8) is 0 Å². The second kappa shape index (κ2) is 11.1. The minimum absolute atomic E-state index is 0.253. The molecule has 4 rings (SSSR count). The molecule has 0 bridgehead atoms. The number of hydrogen-bond donors (Lipinski definition) is 2. The molecule has 3 amide bonds. The molecule has 2 N–H and O–H groups in total. The molecule has 1 aliphatic rings. The van der Waals surface area contributed by atoms with Crippen LogP contribution in [-0.4, -0.2) is 46.7 Å². The Balaban J connectivity index is 1.48. The molecule has 1 saturated heterocycles. The summed E-state index contributed by atoms with van der Waals surface area (Å²) in [6, 6.07) is 12.8. The first-order valence-electron chi connectivity index (χ1n) is 12.3. The zero-order valence-electron chi connectivity index (χ0n) is 21.4. The van der Waals surface area contributed by atoms with Crippen LogP contribution < -0.4 is 15.4 Å². The highest BCUT2D eigenvalue weighted by molar-refractivity contribution is 7.18. The van der Waals surface area contributed by atoms with Crippen molar-refractivity contribution in [1.29, 1.82) is 0 Å². The average molecular weight is 508 g/mol. The maximum Gasteiger partial charge on any atom is 0.322 e. The zero-order valence-corrected chi connectivity index (χ0v) is 22.2. The smallest absolute Gasteiger partial charge is 0.322 e. The van der Waals surface area contributed by atoms with Crippen LogP contribution >= 0.6 is 11.3 Å². The second-order valence-corrected chi connectivity index (χ2v) is 10.5. The van der Waals surface area contributed by atoms with E-state index >= 15 is 0 Å². The van der Waals surface area contributed by atoms with Crippen molar-refractivity contribution >= 4 is 34.1 Å². The number of nitrogens with zero attached hydrogens (tertiary/aromatic N) is 3. The first-order chi connectivity index (χ1) is 17.3. The number of urea groups is 1. The molecular formula is C27H33N5O3S. The predicted octanol–water partition coefficient (Wildman–Crippen LogP) is 6.10. The maximum absolute atomic E-state index is 13.4. The lowest BCUT2D eigenvalue weighted by atomic mass is 9.93. The van der Waals surface area contributed by atoms with Crippen molar-refractivity contribution < 1.29 is 14.3 Å². The Morgan fingerprint density at radius 2 is 1.72 bits per heavy atom. The SMILES string of the molecule is COc1cccc(-c2nnc(NC(=O)C3CCCN3C(=O)Nc3c(C(C)C)cccc3C(C)C)s2)c1. The number of rotatable bonds is 7. The molecule has 1 atom stereocenters. The molecule has 0 radical (unpaired) electrons. The van der Waals surface area contributed by atoms with E-state index in [1.807, 2.05) is 30.3 Å². The third kappa shape index (κ3) is 5.51. The normalized spacial score (nSPS) is 15.4. The first-order valence-corrected chi connectivity index (χ1v) is 13.1. The van der Waals surface area contributed by atoms with Crippen molar-refractivity contribution in [2.24, 2.45) is 0 Å². The van der Waals surface area contributed by atoms with Gasteiger partial charge >= 0.3 is 6.03 Å². The molecule has 1 aliphatic heterocycles. The molecule has 0 aliphatic carbocycles. The van der Waals surface area contributed by atoms with E-state index in [0.717, 1.165) is 34.5 Å². The van der Waals surface area contributed by atoms with Crippen molar-refractivity contribution in [2.75, 3.05) is 24.3 Å². The number of benzene rings is 2. The number of aromatic nitrogens is 2. The molecule has 8 nitrogen and oxygen atoms in total. The summed E-state index contributed by atoms with van der Waals surface area (Å²) in [5.74, 6) is 0.985. The standard InChI is InChI=1S/C27H33N5O3S/c1-16(2)20-11-7-12-21(17(3)4)23(20)28-27(34)32-14-8-13-22(32)24(33)29-26-31-30-25(36-26)18-9-6-10-19(15-18)35-5/h6-7,9-12,15-17,22H,8,13-14H2,1-5H3,(H,28,34)(H,29,31,33). The van der Waals surface area contributed by atoms with E-state index in [2.05, 4.69) is 60.7 Å². The molecule has 3 aromatic rings. The Labute approximate surface area is 216 Å². The summed E-state index contributed by atoms with van der Waals surface area (Å²) in [6.45, 7) is 8.98. The highest BCUT2D eigenvalue weighted by Crippen LogP contribution is 2.34. The number of para-hydroxylation sites is 1. The fraction of sp³-hybridized carbons (Fsp3) is 0.407. The topological polar surface area (TPSA) is 96.5 Å². The van der Waals surface area contributed by atoms with E-state index in [0.29, 0.717) is 23.1 Å². The van der Waals surface area contributed by atoms with Crippen LogP contribution in [0.4, 0.5) is 15.6 Å². The Bertz CT molecular complexity index is 1210. The molecule has 2 aromatic carbocycles. The predicted molar refractivity (Wildman–Crippen MR) is 144 cm³/mol. The number of carbonyl (C=O) groups is 2. The van der Waals surface area contributed by atoms with Gasteiger partial charge in [0.15, 0.2) is 0 Å². The molecule has 1 fully saturated rings. The van der Waals surface area contributed by atoms with Crippen LogP contribution in [0, 0.1) is 0 Å². The molecule has 0 spiro atoms. The van der Waals surface area contributed by atoms with Gasteiger partial charge in [0.25, 0.3) is 0 Å². The fourth-order valence-corrected chi connectivity index (χ4v) is 5.23. The Morgan fingerprint density at radius 3 is 2.39 bits per heavy atom. The van der Waals surface area contributed by atoms with Crippen molar-refractivity contribution in [3.8, 4) is 16.3 Å². The molecule has 2 heterocycles. The molecular weight excluding hydrogens is 474 g/mol. The minimum atomic E-state index is -0.567. The molecule has 36 heavy (non-hydrogen) atoms. The Kier molecular flexibility index (Phi) is 7.88. The number of amides is 3. The quantitative estimate of drug-likeness (QED) is 0.403. The lowest BCUT2D eigenvalue weighted by Crippen LogP contribution is -2.45. The van der Waals surface area contributed by atoms with Gasteiger partial charge in [0, 0.05) is 17.8 Å².